The number of hydrogen-bond acceptors (Lipinski definition) is 4. The van der Waals surface area contributed by atoms with Crippen molar-refractivity contribution in [2.45, 2.75) is 13.3 Å². The lowest BCUT2D eigenvalue weighted by Gasteiger charge is -2.06. The molecule has 0 atom stereocenters. The van der Waals surface area contributed by atoms with Gasteiger partial charge in [-0.2, -0.15) is 0 Å². The summed E-state index contributed by atoms with van der Waals surface area (Å²) in [6, 6.07) is 4.85. The summed E-state index contributed by atoms with van der Waals surface area (Å²) in [6.07, 6.45) is 0.825. The van der Waals surface area contributed by atoms with Crippen LogP contribution in [0, 0.1) is 0 Å². The second-order valence-corrected chi connectivity index (χ2v) is 5.24. The van der Waals surface area contributed by atoms with Crippen LogP contribution in [0.25, 0.3) is 0 Å². The Morgan fingerprint density at radius 1 is 1.56 bits per heavy atom. The average molecular weight is 328 g/mol. The van der Waals surface area contributed by atoms with Gasteiger partial charge >= 0.3 is 5.97 Å². The predicted octanol–water partition coefficient (Wildman–Crippen LogP) is 3.96. The van der Waals surface area contributed by atoms with Crippen molar-refractivity contribution in [1.29, 1.82) is 0 Å². The van der Waals surface area contributed by atoms with Crippen LogP contribution in [0.1, 0.15) is 23.0 Å². The van der Waals surface area contributed by atoms with Gasteiger partial charge in [0.05, 0.1) is 5.69 Å². The van der Waals surface area contributed by atoms with Crippen LogP contribution in [0.5, 0.6) is 10.9 Å². The molecule has 0 radical (unpaired) electrons. The maximum absolute atomic E-state index is 11.1. The van der Waals surface area contributed by atoms with Crippen molar-refractivity contribution in [2.75, 3.05) is 0 Å². The molecule has 0 unspecified atom stereocenters. The fraction of sp³-hybridized carbons (Fsp3) is 0.167. The van der Waals surface area contributed by atoms with Crippen LogP contribution in [0.2, 0.25) is 0 Å². The van der Waals surface area contributed by atoms with Crippen LogP contribution >= 0.6 is 27.3 Å². The van der Waals surface area contributed by atoms with Crippen molar-refractivity contribution >= 4 is 33.2 Å². The molecule has 0 fully saturated rings. The van der Waals surface area contributed by atoms with Gasteiger partial charge < -0.3 is 9.84 Å². The molecule has 1 aromatic heterocycles. The number of aromatic carboxylic acids is 1. The summed E-state index contributed by atoms with van der Waals surface area (Å²) in [5.41, 5.74) is 1.04. The van der Waals surface area contributed by atoms with E-state index in [0.29, 0.717) is 15.4 Å². The molecule has 0 bridgehead atoms. The fourth-order valence-corrected chi connectivity index (χ4v) is 2.48. The Balaban J connectivity index is 2.30. The van der Waals surface area contributed by atoms with E-state index in [0.717, 1.165) is 12.1 Å². The monoisotopic (exact) mass is 327 g/mol. The number of aromatic nitrogens is 1. The molecule has 2 aromatic rings. The third-order valence-electron chi connectivity index (χ3n) is 2.26. The largest absolute Gasteiger partial charge is 0.478 e. The molecule has 4 nitrogen and oxygen atoms in total. The van der Waals surface area contributed by atoms with E-state index in [-0.39, 0.29) is 5.56 Å². The van der Waals surface area contributed by atoms with Gasteiger partial charge in [-0.1, -0.05) is 34.2 Å². The molecule has 1 heterocycles. The van der Waals surface area contributed by atoms with E-state index in [2.05, 4.69) is 20.9 Å². The minimum atomic E-state index is -1.03. The lowest BCUT2D eigenvalue weighted by molar-refractivity contribution is 0.0694. The summed E-state index contributed by atoms with van der Waals surface area (Å²) in [4.78, 5) is 15.3. The first kappa shape index (κ1) is 13.0. The first-order valence-electron chi connectivity index (χ1n) is 5.25. The molecule has 0 saturated heterocycles. The van der Waals surface area contributed by atoms with Gasteiger partial charge in [0.2, 0.25) is 0 Å². The number of carboxylic acids is 1. The van der Waals surface area contributed by atoms with Crippen molar-refractivity contribution in [3.05, 3.63) is 39.3 Å². The Bertz CT molecular complexity index is 582. The summed E-state index contributed by atoms with van der Waals surface area (Å²) >= 11 is 4.59. The Hall–Kier alpha value is -1.40. The number of thiazole rings is 1. The number of carboxylic acid groups (broad SMARTS) is 1. The van der Waals surface area contributed by atoms with Crippen LogP contribution in [0.3, 0.4) is 0 Å². The van der Waals surface area contributed by atoms with Crippen molar-refractivity contribution in [3.63, 3.8) is 0 Å². The molecule has 0 amide bonds. The van der Waals surface area contributed by atoms with E-state index in [9.17, 15) is 4.79 Å². The second-order valence-electron chi connectivity index (χ2n) is 3.51. The average Bonchev–Trinajstić information content (AvgIpc) is 2.79. The Kier molecular flexibility index (Phi) is 3.98. The number of hydrogen-bond donors (Lipinski definition) is 1. The molecule has 2 rings (SSSR count). The zero-order valence-corrected chi connectivity index (χ0v) is 11.9. The zero-order chi connectivity index (χ0) is 13.1. The smallest absolute Gasteiger partial charge is 0.339 e. The molecular weight excluding hydrogens is 318 g/mol. The molecule has 94 valence electrons. The minimum absolute atomic E-state index is 0.109. The molecule has 0 aliphatic carbocycles. The van der Waals surface area contributed by atoms with Crippen molar-refractivity contribution in [1.82, 2.24) is 4.98 Å². The molecule has 0 saturated carbocycles. The van der Waals surface area contributed by atoms with Gasteiger partial charge in [0.15, 0.2) is 0 Å². The van der Waals surface area contributed by atoms with Gasteiger partial charge in [0, 0.05) is 9.85 Å². The topological polar surface area (TPSA) is 59.4 Å². The summed E-state index contributed by atoms with van der Waals surface area (Å²) in [6.45, 7) is 2.00. The number of ether oxygens (including phenoxy) is 1. The molecule has 6 heteroatoms. The van der Waals surface area contributed by atoms with Gasteiger partial charge in [-0.25, -0.2) is 9.78 Å². The number of aryl methyl sites for hydroxylation is 1. The molecule has 0 aliphatic rings. The van der Waals surface area contributed by atoms with Crippen LogP contribution < -0.4 is 4.74 Å². The lowest BCUT2D eigenvalue weighted by atomic mass is 10.2. The summed E-state index contributed by atoms with van der Waals surface area (Å²) in [7, 11) is 0. The first-order valence-corrected chi connectivity index (χ1v) is 6.92. The van der Waals surface area contributed by atoms with E-state index >= 15 is 0 Å². The number of nitrogens with zero attached hydrogens (tertiary/aromatic N) is 1. The van der Waals surface area contributed by atoms with Crippen LogP contribution in [-0.4, -0.2) is 16.1 Å². The maximum atomic E-state index is 11.1. The molecular formula is C12H10BrNO3S. The third kappa shape index (κ3) is 2.88. The number of carbonyl (C=O) groups is 1. The van der Waals surface area contributed by atoms with E-state index in [1.54, 1.807) is 12.1 Å². The van der Waals surface area contributed by atoms with Gasteiger partial charge in [0.25, 0.3) is 5.19 Å². The number of benzene rings is 1. The van der Waals surface area contributed by atoms with Gasteiger partial charge in [-0.15, -0.1) is 0 Å². The lowest BCUT2D eigenvalue weighted by Crippen LogP contribution is -2.00. The highest BCUT2D eigenvalue weighted by Crippen LogP contribution is 2.30. The van der Waals surface area contributed by atoms with Gasteiger partial charge in [-0.3, -0.25) is 0 Å². The van der Waals surface area contributed by atoms with E-state index in [1.807, 2.05) is 12.3 Å². The first-order chi connectivity index (χ1) is 8.60. The van der Waals surface area contributed by atoms with Crippen LogP contribution in [0.4, 0.5) is 0 Å². The third-order valence-corrected chi connectivity index (χ3v) is 3.52. The summed E-state index contributed by atoms with van der Waals surface area (Å²) in [5.74, 6) is -0.735. The van der Waals surface area contributed by atoms with Crippen molar-refractivity contribution < 1.29 is 14.6 Å². The van der Waals surface area contributed by atoms with E-state index < -0.39 is 5.97 Å². The molecule has 1 N–H and O–H groups in total. The highest BCUT2D eigenvalue weighted by Gasteiger charge is 2.14. The van der Waals surface area contributed by atoms with Crippen molar-refractivity contribution in [3.8, 4) is 10.9 Å². The fourth-order valence-electron chi connectivity index (χ4n) is 1.35. The molecule has 18 heavy (non-hydrogen) atoms. The highest BCUT2D eigenvalue weighted by molar-refractivity contribution is 9.10. The Morgan fingerprint density at radius 2 is 2.33 bits per heavy atom. The van der Waals surface area contributed by atoms with Gasteiger partial charge in [0.1, 0.15) is 11.3 Å². The quantitative estimate of drug-likeness (QED) is 0.923. The molecule has 1 aromatic carbocycles. The van der Waals surface area contributed by atoms with Crippen molar-refractivity contribution in [2.24, 2.45) is 0 Å². The Labute approximate surface area is 116 Å². The SMILES string of the molecule is CCc1csc(Oc2ccc(Br)cc2C(=O)O)n1. The van der Waals surface area contributed by atoms with E-state index in [4.69, 9.17) is 9.84 Å². The number of halogens is 1. The number of rotatable bonds is 4. The minimum Gasteiger partial charge on any atom is -0.478 e. The van der Waals surface area contributed by atoms with E-state index in [1.165, 1.54) is 17.4 Å². The zero-order valence-electron chi connectivity index (χ0n) is 9.51. The van der Waals surface area contributed by atoms with Crippen LogP contribution in [-0.2, 0) is 6.42 Å². The van der Waals surface area contributed by atoms with Crippen LogP contribution in [0.15, 0.2) is 28.1 Å². The Morgan fingerprint density at radius 3 is 2.94 bits per heavy atom. The van der Waals surface area contributed by atoms with Gasteiger partial charge in [-0.05, 0) is 24.6 Å². The normalized spacial score (nSPS) is 10.3. The molecule has 0 spiro atoms. The highest BCUT2D eigenvalue weighted by atomic mass is 79.9. The molecule has 0 aliphatic heterocycles. The second kappa shape index (κ2) is 5.49. The summed E-state index contributed by atoms with van der Waals surface area (Å²) in [5, 5.41) is 11.5. The summed E-state index contributed by atoms with van der Waals surface area (Å²) < 4.78 is 6.21. The predicted molar refractivity (Wildman–Crippen MR) is 72.7 cm³/mol. The standard InChI is InChI=1S/C12H10BrNO3S/c1-2-8-6-18-12(14-8)17-10-4-3-7(13)5-9(10)11(15)16/h3-6H,2H2,1H3,(H,15,16). The maximum Gasteiger partial charge on any atom is 0.339 e.